The number of hydrogen-bond donors (Lipinski definition) is 0. The predicted octanol–water partition coefficient (Wildman–Crippen LogP) is 14.7. The van der Waals surface area contributed by atoms with E-state index in [0.717, 1.165) is 61.1 Å². The van der Waals surface area contributed by atoms with E-state index in [9.17, 15) is 0 Å². The van der Waals surface area contributed by atoms with E-state index in [-0.39, 0.29) is 29.7 Å². The molecule has 0 unspecified atom stereocenters. The maximum absolute atomic E-state index is 8.50. The number of benzene rings is 9. The topological polar surface area (TPSA) is 30.7 Å². The number of aromatic nitrogens is 3. The smallest absolute Gasteiger partial charge is 0.160 e. The van der Waals surface area contributed by atoms with E-state index in [4.69, 9.17) is 16.8 Å². The third kappa shape index (κ3) is 6.26. The Kier molecular flexibility index (Phi) is 7.25. The minimum atomic E-state index is -0.412. The average Bonchev–Trinajstić information content (AvgIpc) is 3.69. The summed E-state index contributed by atoms with van der Waals surface area (Å²) in [5, 5.41) is 4.62. The Balaban J connectivity index is 0.976. The van der Waals surface area contributed by atoms with Crippen molar-refractivity contribution in [2.75, 3.05) is 0 Å². The van der Waals surface area contributed by atoms with Crippen molar-refractivity contribution in [2.24, 2.45) is 0 Å². The molecule has 3 heteroatoms. The molecular formula is C56H37N3. The zero-order chi connectivity index (χ0) is 43.5. The van der Waals surface area contributed by atoms with Gasteiger partial charge in [0.1, 0.15) is 0 Å². The van der Waals surface area contributed by atoms with Gasteiger partial charge in [-0.25, -0.2) is 9.97 Å². The molecule has 0 aliphatic rings. The molecule has 0 saturated carbocycles. The van der Waals surface area contributed by atoms with Crippen LogP contribution in [0.5, 0.6) is 0 Å². The molecule has 0 bridgehead atoms. The Morgan fingerprint density at radius 2 is 0.881 bits per heavy atom. The number of rotatable bonds is 7. The van der Waals surface area contributed by atoms with E-state index in [0.29, 0.717) is 17.1 Å². The first-order valence-electron chi connectivity index (χ1n) is 22.2. The van der Waals surface area contributed by atoms with Crippen molar-refractivity contribution in [3.05, 3.63) is 224 Å². The summed E-state index contributed by atoms with van der Waals surface area (Å²) in [5.41, 5.74) is 12.8. The van der Waals surface area contributed by atoms with Crippen LogP contribution in [0.4, 0.5) is 0 Å². The molecule has 9 aromatic carbocycles. The molecule has 0 radical (unpaired) electrons. The van der Waals surface area contributed by atoms with Crippen LogP contribution in [0.1, 0.15) is 6.85 Å². The van der Waals surface area contributed by atoms with Gasteiger partial charge in [-0.3, -0.25) is 0 Å². The van der Waals surface area contributed by atoms with Crippen LogP contribution < -0.4 is 0 Å². The summed E-state index contributed by atoms with van der Waals surface area (Å²) in [7, 11) is 0. The third-order valence-electron chi connectivity index (χ3n) is 11.1. The average molecular weight is 757 g/mol. The first kappa shape index (κ1) is 29.4. The summed E-state index contributed by atoms with van der Waals surface area (Å²) in [6.07, 6.45) is 0. The van der Waals surface area contributed by atoms with Crippen LogP contribution in [-0.2, 0) is 0 Å². The Labute approximate surface area is 350 Å². The van der Waals surface area contributed by atoms with Crippen LogP contribution in [0, 0.1) is 0 Å². The Hall–Kier alpha value is -7.88. The van der Waals surface area contributed by atoms with Crippen LogP contribution in [0.3, 0.4) is 0 Å². The summed E-state index contributed by atoms with van der Waals surface area (Å²) in [4.78, 5) is 10.2. The van der Waals surface area contributed by atoms with Crippen LogP contribution in [0.15, 0.2) is 224 Å². The van der Waals surface area contributed by atoms with Gasteiger partial charge in [-0.1, -0.05) is 194 Å². The summed E-state index contributed by atoms with van der Waals surface area (Å²) < 4.78 is 43.7. The lowest BCUT2D eigenvalue weighted by Crippen LogP contribution is -1.97. The van der Waals surface area contributed by atoms with Gasteiger partial charge >= 0.3 is 0 Å². The summed E-state index contributed by atoms with van der Waals surface area (Å²) in [6, 6.07) is 65.1. The van der Waals surface area contributed by atoms with Gasteiger partial charge < -0.3 is 4.57 Å². The highest BCUT2D eigenvalue weighted by molar-refractivity contribution is 6.10. The fourth-order valence-electron chi connectivity index (χ4n) is 8.27. The van der Waals surface area contributed by atoms with Gasteiger partial charge in [0.25, 0.3) is 0 Å². The first-order valence-corrected chi connectivity index (χ1v) is 19.7. The van der Waals surface area contributed by atoms with Gasteiger partial charge in [-0.15, -0.1) is 0 Å². The number of nitrogens with zero attached hydrogens (tertiary/aromatic N) is 3. The van der Waals surface area contributed by atoms with Crippen molar-refractivity contribution in [2.45, 2.75) is 0 Å². The molecule has 0 N–H and O–H groups in total. The van der Waals surface area contributed by atoms with Gasteiger partial charge in [0.05, 0.1) is 29.3 Å². The SMILES string of the molecule is [2H]c1c([2H])c([2H])c(-c2ccc(-c3cc(-c4ccc(-c5ccc(-c6ccc7c8ccccc8n(-c8ccccc8)c7c6)cc5)c5ccccc45)nc(-c4ccccc4)n3)cc2)c([2H])c1[2H]. The second kappa shape index (κ2) is 14.6. The monoisotopic (exact) mass is 756 g/mol. The molecule has 2 heterocycles. The highest BCUT2D eigenvalue weighted by atomic mass is 15.0. The van der Waals surface area contributed by atoms with Gasteiger partial charge in [0.2, 0.25) is 0 Å². The van der Waals surface area contributed by atoms with E-state index < -0.39 is 6.04 Å². The zero-order valence-corrected chi connectivity index (χ0v) is 31.8. The molecule has 59 heavy (non-hydrogen) atoms. The molecule has 0 aliphatic carbocycles. The molecule has 0 aliphatic heterocycles. The molecule has 0 saturated heterocycles. The second-order valence-electron chi connectivity index (χ2n) is 14.6. The van der Waals surface area contributed by atoms with Gasteiger partial charge in [-0.05, 0) is 74.5 Å². The molecule has 11 aromatic rings. The second-order valence-corrected chi connectivity index (χ2v) is 14.6. The van der Waals surface area contributed by atoms with Crippen LogP contribution in [-0.4, -0.2) is 14.5 Å². The van der Waals surface area contributed by atoms with E-state index >= 15 is 0 Å². The number of hydrogen-bond acceptors (Lipinski definition) is 2. The minimum Gasteiger partial charge on any atom is -0.309 e. The van der Waals surface area contributed by atoms with Crippen molar-refractivity contribution < 1.29 is 6.85 Å². The Bertz CT molecular complexity index is 3560. The molecule has 2 aromatic heterocycles. The summed E-state index contributed by atoms with van der Waals surface area (Å²) >= 11 is 0. The zero-order valence-electron chi connectivity index (χ0n) is 36.8. The lowest BCUT2D eigenvalue weighted by molar-refractivity contribution is 1.18. The standard InChI is InChI=1S/C56H37N3/c1-4-14-38(15-5-1)39-26-30-42(31-27-39)52-37-53(58-56(57-52)43-16-6-2-7-17-43)49-35-34-46(47-20-10-11-21-48(47)49)41-28-24-40(25-29-41)44-32-33-51-50-22-12-13-23-54(50)59(55(51)36-44)45-18-8-3-9-19-45/h1-37H/i1D,4D,5D,14D,15D. The Morgan fingerprint density at radius 3 is 1.63 bits per heavy atom. The van der Waals surface area contributed by atoms with Gasteiger partial charge in [-0.2, -0.15) is 0 Å². The van der Waals surface area contributed by atoms with E-state index in [1.165, 1.54) is 21.8 Å². The van der Waals surface area contributed by atoms with Crippen molar-refractivity contribution in [3.8, 4) is 73.0 Å². The molecule has 3 nitrogen and oxygen atoms in total. The molecule has 0 atom stereocenters. The van der Waals surface area contributed by atoms with Crippen molar-refractivity contribution in [3.63, 3.8) is 0 Å². The van der Waals surface area contributed by atoms with E-state index in [2.05, 4.69) is 138 Å². The normalized spacial score (nSPS) is 12.6. The lowest BCUT2D eigenvalue weighted by atomic mass is 9.92. The van der Waals surface area contributed by atoms with Crippen LogP contribution >= 0.6 is 0 Å². The summed E-state index contributed by atoms with van der Waals surface area (Å²) in [6.45, 7) is 0. The quantitative estimate of drug-likeness (QED) is 0.162. The highest BCUT2D eigenvalue weighted by Gasteiger charge is 2.16. The van der Waals surface area contributed by atoms with E-state index in [1.54, 1.807) is 12.1 Å². The maximum Gasteiger partial charge on any atom is 0.160 e. The molecule has 276 valence electrons. The lowest BCUT2D eigenvalue weighted by Gasteiger charge is -2.14. The molecule has 0 fully saturated rings. The van der Waals surface area contributed by atoms with Crippen LogP contribution in [0.2, 0.25) is 0 Å². The van der Waals surface area contributed by atoms with Gasteiger partial charge in [0.15, 0.2) is 5.82 Å². The largest absolute Gasteiger partial charge is 0.309 e. The van der Waals surface area contributed by atoms with Crippen LogP contribution in [0.25, 0.3) is 106 Å². The summed E-state index contributed by atoms with van der Waals surface area (Å²) in [5.74, 6) is 0.578. The van der Waals surface area contributed by atoms with Crippen molar-refractivity contribution in [1.29, 1.82) is 0 Å². The fraction of sp³-hybridized carbons (Fsp3) is 0. The molecule has 11 rings (SSSR count). The predicted molar refractivity (Wildman–Crippen MR) is 246 cm³/mol. The van der Waals surface area contributed by atoms with Gasteiger partial charge in [0, 0.05) is 33.2 Å². The van der Waals surface area contributed by atoms with E-state index in [1.807, 2.05) is 48.5 Å². The first-order chi connectivity index (χ1) is 31.3. The highest BCUT2D eigenvalue weighted by Crippen LogP contribution is 2.39. The minimum absolute atomic E-state index is 0.164. The number of fused-ring (bicyclic) bond motifs is 4. The Morgan fingerprint density at radius 1 is 0.339 bits per heavy atom. The molecular weight excluding hydrogens is 715 g/mol. The van der Waals surface area contributed by atoms with Crippen molar-refractivity contribution in [1.82, 2.24) is 14.5 Å². The molecule has 0 spiro atoms. The fourth-order valence-corrected chi connectivity index (χ4v) is 8.27. The number of para-hydroxylation sites is 2. The maximum atomic E-state index is 8.50. The van der Waals surface area contributed by atoms with Crippen molar-refractivity contribution >= 4 is 32.6 Å². The molecule has 0 amide bonds. The third-order valence-corrected chi connectivity index (χ3v) is 11.1.